The van der Waals surface area contributed by atoms with Crippen LogP contribution in [0.3, 0.4) is 0 Å². The van der Waals surface area contributed by atoms with Crippen molar-refractivity contribution >= 4 is 17.5 Å². The first kappa shape index (κ1) is 16.0. The summed E-state index contributed by atoms with van der Waals surface area (Å²) in [5.74, 6) is 1.37. The van der Waals surface area contributed by atoms with E-state index in [0.717, 1.165) is 25.2 Å². The number of amides is 1. The van der Waals surface area contributed by atoms with Crippen LogP contribution in [0.4, 0.5) is 0 Å². The van der Waals surface area contributed by atoms with Crippen LogP contribution < -0.4 is 5.32 Å². The number of ether oxygens (including phenoxy) is 1. The predicted molar refractivity (Wildman–Crippen MR) is 85.0 cm³/mol. The molecule has 0 spiro atoms. The van der Waals surface area contributed by atoms with Crippen LogP contribution in [0.2, 0.25) is 5.02 Å². The zero-order valence-corrected chi connectivity index (χ0v) is 13.4. The molecule has 0 bridgehead atoms. The SMILES string of the molecule is O=C(CCc1nc(-c2ccc(Cl)cc2)no1)NC[C@H]1CCOC1. The number of carbonyl (C=O) groups excluding carboxylic acids is 1. The van der Waals surface area contributed by atoms with Gasteiger partial charge in [0.2, 0.25) is 17.6 Å². The Hall–Kier alpha value is -1.92. The minimum absolute atomic E-state index is 0.0110. The van der Waals surface area contributed by atoms with Gasteiger partial charge in [0, 0.05) is 42.5 Å². The Morgan fingerprint density at radius 1 is 1.35 bits per heavy atom. The number of rotatable bonds is 6. The predicted octanol–water partition coefficient (Wildman–Crippen LogP) is 2.48. The average Bonchev–Trinajstić information content (AvgIpc) is 3.23. The first-order chi connectivity index (χ1) is 11.2. The molecule has 0 aliphatic carbocycles. The Balaban J connectivity index is 1.47. The summed E-state index contributed by atoms with van der Waals surface area (Å²) in [6, 6.07) is 7.20. The second-order valence-corrected chi connectivity index (χ2v) is 5.99. The monoisotopic (exact) mass is 335 g/mol. The number of hydrogen-bond donors (Lipinski definition) is 1. The maximum atomic E-state index is 11.8. The minimum Gasteiger partial charge on any atom is -0.381 e. The number of aryl methyl sites for hydroxylation is 1. The van der Waals surface area contributed by atoms with Crippen molar-refractivity contribution in [1.29, 1.82) is 0 Å². The second-order valence-electron chi connectivity index (χ2n) is 5.55. The maximum Gasteiger partial charge on any atom is 0.227 e. The molecule has 1 aliphatic heterocycles. The molecule has 1 aromatic carbocycles. The lowest BCUT2D eigenvalue weighted by Crippen LogP contribution is -2.29. The van der Waals surface area contributed by atoms with Gasteiger partial charge < -0.3 is 14.6 Å². The van der Waals surface area contributed by atoms with Gasteiger partial charge in [0.1, 0.15) is 0 Å². The molecule has 1 amide bonds. The fraction of sp³-hybridized carbons (Fsp3) is 0.438. The van der Waals surface area contributed by atoms with E-state index in [9.17, 15) is 4.79 Å². The van der Waals surface area contributed by atoms with Crippen LogP contribution in [-0.4, -0.2) is 35.8 Å². The Kier molecular flexibility index (Phi) is 5.25. The van der Waals surface area contributed by atoms with Crippen molar-refractivity contribution in [3.63, 3.8) is 0 Å². The lowest BCUT2D eigenvalue weighted by molar-refractivity contribution is -0.121. The number of benzene rings is 1. The molecule has 1 atom stereocenters. The third kappa shape index (κ3) is 4.53. The first-order valence-corrected chi connectivity index (χ1v) is 8.01. The summed E-state index contributed by atoms with van der Waals surface area (Å²) < 4.78 is 10.5. The van der Waals surface area contributed by atoms with Crippen LogP contribution in [0.5, 0.6) is 0 Å². The van der Waals surface area contributed by atoms with Gasteiger partial charge >= 0.3 is 0 Å². The zero-order chi connectivity index (χ0) is 16.1. The summed E-state index contributed by atoms with van der Waals surface area (Å²) in [6.07, 6.45) is 1.76. The number of carbonyl (C=O) groups is 1. The Morgan fingerprint density at radius 3 is 2.91 bits per heavy atom. The van der Waals surface area contributed by atoms with Gasteiger partial charge in [-0.05, 0) is 30.7 Å². The van der Waals surface area contributed by atoms with E-state index in [0.29, 0.717) is 42.0 Å². The van der Waals surface area contributed by atoms with E-state index < -0.39 is 0 Å². The van der Waals surface area contributed by atoms with Gasteiger partial charge in [-0.25, -0.2) is 0 Å². The molecular weight excluding hydrogens is 318 g/mol. The summed E-state index contributed by atoms with van der Waals surface area (Å²) in [4.78, 5) is 16.1. The molecule has 1 aromatic heterocycles. The number of nitrogens with zero attached hydrogens (tertiary/aromatic N) is 2. The van der Waals surface area contributed by atoms with Crippen molar-refractivity contribution in [2.45, 2.75) is 19.3 Å². The van der Waals surface area contributed by atoms with Crippen molar-refractivity contribution < 1.29 is 14.1 Å². The third-order valence-corrected chi connectivity index (χ3v) is 4.00. The summed E-state index contributed by atoms with van der Waals surface area (Å²) in [5, 5.41) is 7.50. The van der Waals surface area contributed by atoms with Gasteiger partial charge in [0.15, 0.2) is 0 Å². The van der Waals surface area contributed by atoms with Gasteiger partial charge in [-0.3, -0.25) is 4.79 Å². The quantitative estimate of drug-likeness (QED) is 0.877. The highest BCUT2D eigenvalue weighted by Gasteiger charge is 2.16. The van der Waals surface area contributed by atoms with Crippen molar-refractivity contribution in [1.82, 2.24) is 15.5 Å². The molecule has 1 N–H and O–H groups in total. The molecule has 0 saturated carbocycles. The molecule has 122 valence electrons. The van der Waals surface area contributed by atoms with E-state index >= 15 is 0 Å². The molecule has 23 heavy (non-hydrogen) atoms. The smallest absolute Gasteiger partial charge is 0.227 e. The molecule has 0 radical (unpaired) electrons. The maximum absolute atomic E-state index is 11.8. The summed E-state index contributed by atoms with van der Waals surface area (Å²) >= 11 is 5.85. The Labute approximate surface area is 139 Å². The second kappa shape index (κ2) is 7.57. The average molecular weight is 336 g/mol. The summed E-state index contributed by atoms with van der Waals surface area (Å²) in [6.45, 7) is 2.18. The van der Waals surface area contributed by atoms with E-state index in [1.165, 1.54) is 0 Å². The highest BCUT2D eigenvalue weighted by molar-refractivity contribution is 6.30. The van der Waals surface area contributed by atoms with Crippen LogP contribution in [0.1, 0.15) is 18.7 Å². The topological polar surface area (TPSA) is 77.2 Å². The third-order valence-electron chi connectivity index (χ3n) is 3.75. The van der Waals surface area contributed by atoms with Crippen LogP contribution >= 0.6 is 11.6 Å². The van der Waals surface area contributed by atoms with Gasteiger partial charge in [0.05, 0.1) is 6.61 Å². The summed E-state index contributed by atoms with van der Waals surface area (Å²) in [5.41, 5.74) is 0.829. The molecule has 3 rings (SSSR count). The zero-order valence-electron chi connectivity index (χ0n) is 12.6. The van der Waals surface area contributed by atoms with Crippen molar-refractivity contribution in [2.75, 3.05) is 19.8 Å². The van der Waals surface area contributed by atoms with Crippen molar-refractivity contribution in [3.8, 4) is 11.4 Å². The fourth-order valence-corrected chi connectivity index (χ4v) is 2.51. The van der Waals surface area contributed by atoms with E-state index in [-0.39, 0.29) is 5.91 Å². The summed E-state index contributed by atoms with van der Waals surface area (Å²) in [7, 11) is 0. The van der Waals surface area contributed by atoms with Gasteiger partial charge in [-0.15, -0.1) is 0 Å². The van der Waals surface area contributed by atoms with Gasteiger partial charge in [-0.2, -0.15) is 4.98 Å². The molecule has 1 saturated heterocycles. The van der Waals surface area contributed by atoms with E-state index in [4.69, 9.17) is 20.9 Å². The number of nitrogens with one attached hydrogen (secondary N) is 1. The van der Waals surface area contributed by atoms with Gasteiger partial charge in [0.25, 0.3) is 0 Å². The van der Waals surface area contributed by atoms with Crippen LogP contribution in [0, 0.1) is 5.92 Å². The number of hydrogen-bond acceptors (Lipinski definition) is 5. The molecule has 7 heteroatoms. The molecular formula is C16H18ClN3O3. The molecule has 1 aliphatic rings. The highest BCUT2D eigenvalue weighted by atomic mass is 35.5. The highest BCUT2D eigenvalue weighted by Crippen LogP contribution is 2.19. The van der Waals surface area contributed by atoms with Crippen molar-refractivity contribution in [2.24, 2.45) is 5.92 Å². The number of aromatic nitrogens is 2. The molecule has 0 unspecified atom stereocenters. The fourth-order valence-electron chi connectivity index (χ4n) is 2.38. The molecule has 1 fully saturated rings. The van der Waals surface area contributed by atoms with Crippen LogP contribution in [0.25, 0.3) is 11.4 Å². The van der Waals surface area contributed by atoms with Crippen LogP contribution in [0.15, 0.2) is 28.8 Å². The minimum atomic E-state index is -0.0110. The van der Waals surface area contributed by atoms with Gasteiger partial charge in [-0.1, -0.05) is 16.8 Å². The first-order valence-electron chi connectivity index (χ1n) is 7.63. The Bertz CT molecular complexity index is 651. The Morgan fingerprint density at radius 2 is 2.17 bits per heavy atom. The number of halogens is 1. The normalized spacial score (nSPS) is 17.3. The van der Waals surface area contributed by atoms with Crippen molar-refractivity contribution in [3.05, 3.63) is 35.2 Å². The lowest BCUT2D eigenvalue weighted by Gasteiger charge is -2.08. The van der Waals surface area contributed by atoms with E-state index in [2.05, 4.69) is 15.5 Å². The van der Waals surface area contributed by atoms with Crippen LogP contribution in [-0.2, 0) is 16.0 Å². The van der Waals surface area contributed by atoms with E-state index in [1.54, 1.807) is 12.1 Å². The van der Waals surface area contributed by atoms with E-state index in [1.807, 2.05) is 12.1 Å². The largest absolute Gasteiger partial charge is 0.381 e. The molecule has 2 heterocycles. The standard InChI is InChI=1S/C16H18ClN3O3/c17-13-3-1-12(2-4-13)16-19-15(23-20-16)6-5-14(21)18-9-11-7-8-22-10-11/h1-4,11H,5-10H2,(H,18,21)/t11-/m1/s1. The molecule has 2 aromatic rings. The molecule has 6 nitrogen and oxygen atoms in total. The lowest BCUT2D eigenvalue weighted by atomic mass is 10.1.